The van der Waals surface area contributed by atoms with Gasteiger partial charge in [-0.3, -0.25) is 9.58 Å². The molecule has 2 heterocycles. The Balaban J connectivity index is 2.09. The van der Waals surface area contributed by atoms with Gasteiger partial charge in [-0.25, -0.2) is 0 Å². The normalized spacial score (nSPS) is 18.6. The maximum atomic E-state index is 4.53. The van der Waals surface area contributed by atoms with Crippen molar-refractivity contribution in [3.63, 3.8) is 0 Å². The van der Waals surface area contributed by atoms with E-state index in [1.54, 1.807) is 0 Å². The Morgan fingerprint density at radius 2 is 1.94 bits per heavy atom. The van der Waals surface area contributed by atoms with Crippen molar-refractivity contribution < 1.29 is 0 Å². The molecule has 4 nitrogen and oxygen atoms in total. The Labute approximate surface area is 104 Å². The lowest BCUT2D eigenvalue weighted by Crippen LogP contribution is -2.43. The van der Waals surface area contributed by atoms with Gasteiger partial charge in [0.25, 0.3) is 0 Å². The lowest BCUT2D eigenvalue weighted by molar-refractivity contribution is 0.232. The molecule has 0 bridgehead atoms. The Bertz CT molecular complexity index is 369. The van der Waals surface area contributed by atoms with E-state index in [0.717, 1.165) is 32.7 Å². The third kappa shape index (κ3) is 2.87. The number of hydrogen-bond donors (Lipinski definition) is 1. The molecule has 2 rings (SSSR count). The monoisotopic (exact) mass is 236 g/mol. The lowest BCUT2D eigenvalue weighted by atomic mass is 10.1. The molecule has 1 aromatic rings. The van der Waals surface area contributed by atoms with E-state index < -0.39 is 0 Å². The maximum Gasteiger partial charge on any atom is 0.0546 e. The zero-order valence-electron chi connectivity index (χ0n) is 11.5. The fourth-order valence-corrected chi connectivity index (χ4v) is 2.39. The summed E-state index contributed by atoms with van der Waals surface area (Å²) < 4.78 is 2.13. The van der Waals surface area contributed by atoms with Crippen molar-refractivity contribution in [3.8, 4) is 0 Å². The average molecular weight is 236 g/mol. The van der Waals surface area contributed by atoms with Crippen LogP contribution in [0.5, 0.6) is 0 Å². The van der Waals surface area contributed by atoms with E-state index in [1.165, 1.54) is 11.3 Å². The van der Waals surface area contributed by atoms with Crippen molar-refractivity contribution in [1.82, 2.24) is 20.0 Å². The van der Waals surface area contributed by atoms with Crippen LogP contribution in [-0.2, 0) is 12.1 Å². The van der Waals surface area contributed by atoms with Gasteiger partial charge in [0.05, 0.1) is 11.7 Å². The molecule has 1 aromatic heterocycles. The van der Waals surface area contributed by atoms with Gasteiger partial charge in [-0.2, -0.15) is 5.10 Å². The molecule has 4 heteroatoms. The first-order valence-corrected chi connectivity index (χ1v) is 6.45. The third-order valence-electron chi connectivity index (χ3n) is 3.35. The second-order valence-electron chi connectivity index (χ2n) is 5.86. The van der Waals surface area contributed by atoms with Crippen LogP contribution in [0.2, 0.25) is 0 Å². The van der Waals surface area contributed by atoms with Crippen molar-refractivity contribution >= 4 is 0 Å². The topological polar surface area (TPSA) is 33.1 Å². The van der Waals surface area contributed by atoms with E-state index in [2.05, 4.69) is 47.7 Å². The van der Waals surface area contributed by atoms with E-state index in [1.807, 2.05) is 6.20 Å². The van der Waals surface area contributed by atoms with Gasteiger partial charge in [0, 0.05) is 44.0 Å². The molecule has 0 amide bonds. The quantitative estimate of drug-likeness (QED) is 0.841. The molecule has 0 aliphatic carbocycles. The summed E-state index contributed by atoms with van der Waals surface area (Å²) in [5, 5.41) is 7.91. The van der Waals surface area contributed by atoms with Crippen LogP contribution in [0, 0.1) is 6.92 Å². The predicted molar refractivity (Wildman–Crippen MR) is 70.1 cm³/mol. The predicted octanol–water partition coefficient (Wildman–Crippen LogP) is 1.35. The minimum Gasteiger partial charge on any atom is -0.314 e. The van der Waals surface area contributed by atoms with Crippen molar-refractivity contribution in [3.05, 3.63) is 17.5 Å². The second kappa shape index (κ2) is 4.78. The number of nitrogens with one attached hydrogen (secondary N) is 1. The highest BCUT2D eigenvalue weighted by molar-refractivity contribution is 5.17. The summed E-state index contributed by atoms with van der Waals surface area (Å²) in [4.78, 5) is 2.49. The van der Waals surface area contributed by atoms with Gasteiger partial charge < -0.3 is 5.32 Å². The molecule has 1 aliphatic heterocycles. The lowest BCUT2D eigenvalue weighted by Gasteiger charge is -2.27. The Morgan fingerprint density at radius 1 is 1.29 bits per heavy atom. The molecule has 0 saturated carbocycles. The number of aromatic nitrogens is 2. The van der Waals surface area contributed by atoms with E-state index in [-0.39, 0.29) is 5.54 Å². The summed E-state index contributed by atoms with van der Waals surface area (Å²) in [6.45, 7) is 14.3. The summed E-state index contributed by atoms with van der Waals surface area (Å²) in [5.74, 6) is 0. The van der Waals surface area contributed by atoms with Gasteiger partial charge in [0.15, 0.2) is 0 Å². The van der Waals surface area contributed by atoms with Crippen LogP contribution in [0.15, 0.2) is 6.20 Å². The zero-order chi connectivity index (χ0) is 12.5. The van der Waals surface area contributed by atoms with Gasteiger partial charge in [0.1, 0.15) is 0 Å². The molecular weight excluding hydrogens is 212 g/mol. The molecule has 1 fully saturated rings. The zero-order valence-corrected chi connectivity index (χ0v) is 11.5. The molecule has 1 aliphatic rings. The van der Waals surface area contributed by atoms with Crippen LogP contribution in [-0.4, -0.2) is 40.9 Å². The second-order valence-corrected chi connectivity index (χ2v) is 5.86. The SMILES string of the molecule is Cc1c(CN2CCNCC2)cnn1C(C)(C)C. The number of rotatable bonds is 2. The summed E-state index contributed by atoms with van der Waals surface area (Å²) in [6, 6.07) is 0. The molecule has 96 valence electrons. The molecule has 0 spiro atoms. The van der Waals surface area contributed by atoms with E-state index in [4.69, 9.17) is 0 Å². The minimum atomic E-state index is 0.0752. The van der Waals surface area contributed by atoms with Crippen LogP contribution in [0.3, 0.4) is 0 Å². The molecule has 0 radical (unpaired) electrons. The molecule has 0 atom stereocenters. The number of nitrogens with zero attached hydrogens (tertiary/aromatic N) is 3. The fourth-order valence-electron chi connectivity index (χ4n) is 2.39. The molecule has 0 unspecified atom stereocenters. The van der Waals surface area contributed by atoms with Crippen LogP contribution in [0.25, 0.3) is 0 Å². The summed E-state index contributed by atoms with van der Waals surface area (Å²) in [6.07, 6.45) is 2.03. The number of piperazine rings is 1. The number of hydrogen-bond acceptors (Lipinski definition) is 3. The Hall–Kier alpha value is -0.870. The maximum absolute atomic E-state index is 4.53. The highest BCUT2D eigenvalue weighted by Crippen LogP contribution is 2.19. The van der Waals surface area contributed by atoms with Crippen LogP contribution in [0.1, 0.15) is 32.0 Å². The van der Waals surface area contributed by atoms with E-state index in [0.29, 0.717) is 0 Å². The molecule has 17 heavy (non-hydrogen) atoms. The molecule has 0 aromatic carbocycles. The Morgan fingerprint density at radius 3 is 2.47 bits per heavy atom. The highest BCUT2D eigenvalue weighted by atomic mass is 15.3. The fraction of sp³-hybridized carbons (Fsp3) is 0.769. The molecular formula is C13H24N4. The summed E-state index contributed by atoms with van der Waals surface area (Å²) in [5.41, 5.74) is 2.74. The summed E-state index contributed by atoms with van der Waals surface area (Å²) in [7, 11) is 0. The first-order chi connectivity index (χ1) is 7.98. The van der Waals surface area contributed by atoms with Crippen molar-refractivity contribution in [2.24, 2.45) is 0 Å². The summed E-state index contributed by atoms with van der Waals surface area (Å²) >= 11 is 0. The van der Waals surface area contributed by atoms with Crippen LogP contribution in [0.4, 0.5) is 0 Å². The average Bonchev–Trinajstić information content (AvgIpc) is 2.61. The van der Waals surface area contributed by atoms with E-state index in [9.17, 15) is 0 Å². The van der Waals surface area contributed by atoms with Crippen molar-refractivity contribution in [2.75, 3.05) is 26.2 Å². The van der Waals surface area contributed by atoms with Gasteiger partial charge in [-0.15, -0.1) is 0 Å². The minimum absolute atomic E-state index is 0.0752. The molecule has 1 saturated heterocycles. The Kier molecular flexibility index (Phi) is 3.54. The van der Waals surface area contributed by atoms with Gasteiger partial charge in [-0.1, -0.05) is 0 Å². The largest absolute Gasteiger partial charge is 0.314 e. The highest BCUT2D eigenvalue weighted by Gasteiger charge is 2.19. The third-order valence-corrected chi connectivity index (χ3v) is 3.35. The van der Waals surface area contributed by atoms with E-state index >= 15 is 0 Å². The first-order valence-electron chi connectivity index (χ1n) is 6.45. The van der Waals surface area contributed by atoms with Crippen LogP contribution >= 0.6 is 0 Å². The standard InChI is InChI=1S/C13H24N4/c1-11-12(9-15-17(11)13(2,3)4)10-16-7-5-14-6-8-16/h9,14H,5-8,10H2,1-4H3. The first kappa shape index (κ1) is 12.6. The van der Waals surface area contributed by atoms with Crippen LogP contribution < -0.4 is 5.32 Å². The van der Waals surface area contributed by atoms with Gasteiger partial charge >= 0.3 is 0 Å². The van der Waals surface area contributed by atoms with Crippen molar-refractivity contribution in [2.45, 2.75) is 39.8 Å². The smallest absolute Gasteiger partial charge is 0.0546 e. The van der Waals surface area contributed by atoms with Crippen molar-refractivity contribution in [1.29, 1.82) is 0 Å². The van der Waals surface area contributed by atoms with Gasteiger partial charge in [-0.05, 0) is 27.7 Å². The van der Waals surface area contributed by atoms with Gasteiger partial charge in [0.2, 0.25) is 0 Å². The molecule has 1 N–H and O–H groups in total.